The Morgan fingerprint density at radius 3 is 2.40 bits per heavy atom. The molecule has 1 heterocycles. The van der Waals surface area contributed by atoms with Crippen LogP contribution in [0.2, 0.25) is 0 Å². The molecule has 0 aromatic heterocycles. The topological polar surface area (TPSA) is 12.5 Å². The Kier molecular flexibility index (Phi) is 4.26. The molecule has 0 radical (unpaired) electrons. The van der Waals surface area contributed by atoms with Gasteiger partial charge in [0.25, 0.3) is 0 Å². The van der Waals surface area contributed by atoms with E-state index in [1.54, 1.807) is 0 Å². The van der Waals surface area contributed by atoms with Gasteiger partial charge in [0, 0.05) is 0 Å². The second-order valence-electron chi connectivity index (χ2n) is 3.42. The summed E-state index contributed by atoms with van der Waals surface area (Å²) in [4.78, 5) is 0. The Hall–Kier alpha value is 0.609. The van der Waals surface area contributed by atoms with Gasteiger partial charge < -0.3 is 0 Å². The van der Waals surface area contributed by atoms with Crippen LogP contribution in [0.1, 0.15) is 0 Å². The predicted molar refractivity (Wildman–Crippen MR) is 66.9 cm³/mol. The van der Waals surface area contributed by atoms with Gasteiger partial charge in [0.1, 0.15) is 0 Å². The average molecular weight is 352 g/mol. The van der Waals surface area contributed by atoms with Gasteiger partial charge in [-0.15, -0.1) is 0 Å². The molecule has 0 bridgehead atoms. The molecule has 0 amide bonds. The van der Waals surface area contributed by atoms with Crippen LogP contribution in [0.5, 0.6) is 0 Å². The van der Waals surface area contributed by atoms with Crippen LogP contribution in [0.25, 0.3) is 0 Å². The fraction of sp³-hybridized carbons (Fsp3) is 0.400. The predicted octanol–water partition coefficient (Wildman–Crippen LogP) is 0.744. The standard InChI is InChI=1S/C10H14NOPSe2/c14-13(15,10-4-2-1-3-5-10)11-6-8-12-9-7-11/h1-5H,6-9H2,(H,14,15)/p-1. The van der Waals surface area contributed by atoms with E-state index in [1.165, 1.54) is 5.30 Å². The third-order valence-electron chi connectivity index (χ3n) is 2.44. The van der Waals surface area contributed by atoms with Gasteiger partial charge in [-0.3, -0.25) is 0 Å². The summed E-state index contributed by atoms with van der Waals surface area (Å²) in [6, 6.07) is 10.6. The number of rotatable bonds is 2. The second-order valence-corrected chi connectivity index (χ2v) is 15.7. The van der Waals surface area contributed by atoms with Gasteiger partial charge >= 0.3 is 106 Å². The van der Waals surface area contributed by atoms with Crippen LogP contribution < -0.4 is 5.30 Å². The van der Waals surface area contributed by atoms with Crippen LogP contribution in [0.3, 0.4) is 0 Å². The van der Waals surface area contributed by atoms with Crippen molar-refractivity contribution >= 4 is 40.3 Å². The molecule has 2 rings (SSSR count). The molecule has 15 heavy (non-hydrogen) atoms. The normalized spacial score (nSPS) is 22.2. The van der Waals surface area contributed by atoms with Crippen molar-refractivity contribution in [1.29, 1.82) is 0 Å². The molecular formula is C10H13NOPSe2-. The van der Waals surface area contributed by atoms with Gasteiger partial charge in [-0.25, -0.2) is 0 Å². The summed E-state index contributed by atoms with van der Waals surface area (Å²) in [6.07, 6.45) is 0. The summed E-state index contributed by atoms with van der Waals surface area (Å²) in [6.45, 7) is 3.72. The van der Waals surface area contributed by atoms with Gasteiger partial charge in [-0.2, -0.15) is 0 Å². The summed E-state index contributed by atoms with van der Waals surface area (Å²) in [5.74, 6) is 0. The summed E-state index contributed by atoms with van der Waals surface area (Å²) in [7, 11) is 0. The molecule has 1 saturated heterocycles. The fourth-order valence-electron chi connectivity index (χ4n) is 1.60. The first kappa shape index (κ1) is 12.1. The number of hydrogen-bond acceptors (Lipinski definition) is 2. The van der Waals surface area contributed by atoms with Gasteiger partial charge in [0.05, 0.1) is 0 Å². The SMILES string of the molecule is [Se]=[P@@]([Se-])(c1ccccc1)N1CCOCC1. The monoisotopic (exact) mass is 354 g/mol. The van der Waals surface area contributed by atoms with Crippen LogP contribution >= 0.6 is 4.35 Å². The molecule has 1 aromatic rings. The third kappa shape index (κ3) is 2.84. The molecule has 0 saturated carbocycles. The molecule has 5 heteroatoms. The molecular weight excluding hydrogens is 339 g/mol. The van der Waals surface area contributed by atoms with Crippen molar-refractivity contribution in [3.8, 4) is 0 Å². The minimum atomic E-state index is -1.37. The third-order valence-corrected chi connectivity index (χ3v) is 10.1. The van der Waals surface area contributed by atoms with Crippen molar-refractivity contribution in [2.75, 3.05) is 26.3 Å². The van der Waals surface area contributed by atoms with Crippen molar-refractivity contribution in [3.05, 3.63) is 30.3 Å². The summed E-state index contributed by atoms with van der Waals surface area (Å²) in [5.41, 5.74) is 0. The van der Waals surface area contributed by atoms with Crippen molar-refractivity contribution < 1.29 is 4.74 Å². The van der Waals surface area contributed by atoms with E-state index in [9.17, 15) is 0 Å². The number of ether oxygens (including phenoxy) is 1. The Balaban J connectivity index is 2.22. The van der Waals surface area contributed by atoms with E-state index < -0.39 is 4.35 Å². The number of hydrogen-bond donors (Lipinski definition) is 0. The van der Waals surface area contributed by atoms with Crippen molar-refractivity contribution in [2.24, 2.45) is 0 Å². The van der Waals surface area contributed by atoms with Gasteiger partial charge in [0.15, 0.2) is 0 Å². The molecule has 1 aliphatic rings. The Morgan fingerprint density at radius 1 is 1.20 bits per heavy atom. The second kappa shape index (κ2) is 5.29. The fourth-order valence-corrected chi connectivity index (χ4v) is 6.75. The van der Waals surface area contributed by atoms with Crippen LogP contribution in [-0.4, -0.2) is 61.6 Å². The van der Waals surface area contributed by atoms with E-state index in [2.05, 4.69) is 65.7 Å². The molecule has 1 aliphatic heterocycles. The van der Waals surface area contributed by atoms with E-state index in [0.29, 0.717) is 0 Å². The quantitative estimate of drug-likeness (QED) is 0.575. The zero-order chi connectivity index (χ0) is 10.7. The van der Waals surface area contributed by atoms with Gasteiger partial charge in [0.2, 0.25) is 0 Å². The van der Waals surface area contributed by atoms with Crippen LogP contribution in [0.15, 0.2) is 30.3 Å². The zero-order valence-corrected chi connectivity index (χ0v) is 12.7. The van der Waals surface area contributed by atoms with Crippen LogP contribution in [0, 0.1) is 0 Å². The van der Waals surface area contributed by atoms with Crippen molar-refractivity contribution in [3.63, 3.8) is 0 Å². The van der Waals surface area contributed by atoms with E-state index in [0.717, 1.165) is 26.3 Å². The molecule has 1 aromatic carbocycles. The van der Waals surface area contributed by atoms with Gasteiger partial charge in [-0.1, -0.05) is 0 Å². The van der Waals surface area contributed by atoms with E-state index in [4.69, 9.17) is 4.74 Å². The van der Waals surface area contributed by atoms with Crippen molar-refractivity contribution in [2.45, 2.75) is 0 Å². The van der Waals surface area contributed by atoms with E-state index >= 15 is 0 Å². The summed E-state index contributed by atoms with van der Waals surface area (Å²) >= 11 is 6.73. The molecule has 1 atom stereocenters. The summed E-state index contributed by atoms with van der Waals surface area (Å²) < 4.78 is 6.50. The first-order valence-corrected chi connectivity index (χ1v) is 11.1. The van der Waals surface area contributed by atoms with Gasteiger partial charge in [-0.05, 0) is 0 Å². The maximum absolute atomic E-state index is 5.38. The van der Waals surface area contributed by atoms with Crippen LogP contribution in [-0.2, 0) is 4.74 Å². The molecule has 2 nitrogen and oxygen atoms in total. The number of morpholine rings is 1. The average Bonchev–Trinajstić information content (AvgIpc) is 2.31. The molecule has 0 N–H and O–H groups in total. The first-order valence-electron chi connectivity index (χ1n) is 4.91. The number of benzene rings is 1. The minimum absolute atomic E-state index is 0.845. The molecule has 0 aliphatic carbocycles. The van der Waals surface area contributed by atoms with Crippen molar-refractivity contribution in [1.82, 2.24) is 4.67 Å². The molecule has 0 unspecified atom stereocenters. The van der Waals surface area contributed by atoms with E-state index in [1.807, 2.05) is 0 Å². The Bertz CT molecular complexity index is 365. The van der Waals surface area contributed by atoms with E-state index in [-0.39, 0.29) is 0 Å². The first-order chi connectivity index (χ1) is 7.21. The zero-order valence-electron chi connectivity index (χ0n) is 8.33. The molecule has 1 fully saturated rings. The number of nitrogens with zero attached hydrogens (tertiary/aromatic N) is 1. The molecule has 0 spiro atoms. The Morgan fingerprint density at radius 2 is 1.80 bits per heavy atom. The summed E-state index contributed by atoms with van der Waals surface area (Å²) in [5, 5.41) is 1.38. The Labute approximate surface area is 106 Å². The van der Waals surface area contributed by atoms with Crippen LogP contribution in [0.4, 0.5) is 0 Å². The maximum atomic E-state index is 5.38. The molecule has 82 valence electrons.